The van der Waals surface area contributed by atoms with Crippen LogP contribution in [0.1, 0.15) is 137 Å². The maximum Gasteiger partial charge on any atom is 0.310 e. The molecule has 0 unspecified atom stereocenters. The average Bonchev–Trinajstić information content (AvgIpc) is 4.03. The van der Waals surface area contributed by atoms with Gasteiger partial charge in [0.2, 0.25) is 11.8 Å². The van der Waals surface area contributed by atoms with Crippen molar-refractivity contribution in [2.75, 3.05) is 19.6 Å². The van der Waals surface area contributed by atoms with Crippen molar-refractivity contribution in [2.24, 2.45) is 50.7 Å². The molecule has 2 aliphatic heterocycles. The number of piperidine rings is 1. The number of nitrogens with zero attached hydrogens (tertiary/aromatic N) is 2. The summed E-state index contributed by atoms with van der Waals surface area (Å²) in [6.07, 6.45) is 15.0. The highest BCUT2D eigenvalue weighted by Crippen LogP contribution is 2.88. The van der Waals surface area contributed by atoms with Crippen LogP contribution < -0.4 is 5.32 Å². The van der Waals surface area contributed by atoms with Gasteiger partial charge < -0.3 is 15.3 Å². The highest BCUT2D eigenvalue weighted by atomic mass is 16.4. The van der Waals surface area contributed by atoms with Gasteiger partial charge in [-0.15, -0.1) is 6.58 Å². The molecule has 0 aromatic heterocycles. The van der Waals surface area contributed by atoms with Crippen LogP contribution in [0, 0.1) is 50.7 Å². The first-order valence-electron chi connectivity index (χ1n) is 20.8. The van der Waals surface area contributed by atoms with Gasteiger partial charge in [-0.3, -0.25) is 28.9 Å². The van der Waals surface area contributed by atoms with E-state index >= 15 is 4.79 Å². The molecule has 0 radical (unpaired) electrons. The van der Waals surface area contributed by atoms with E-state index < -0.39 is 34.8 Å². The minimum Gasteiger partial charge on any atom is -0.481 e. The monoisotopic (exact) mass is 719 g/mol. The van der Waals surface area contributed by atoms with Gasteiger partial charge in [0.25, 0.3) is 0 Å². The zero-order chi connectivity index (χ0) is 37.4. The molecule has 288 valence electrons. The van der Waals surface area contributed by atoms with E-state index in [4.69, 9.17) is 0 Å². The maximum absolute atomic E-state index is 15.2. The summed E-state index contributed by atoms with van der Waals surface area (Å²) in [5, 5.41) is 13.4. The van der Waals surface area contributed by atoms with E-state index in [0.717, 1.165) is 77.3 Å². The van der Waals surface area contributed by atoms with Crippen LogP contribution in [-0.4, -0.2) is 82.0 Å². The largest absolute Gasteiger partial charge is 0.481 e. The third-order valence-corrected chi connectivity index (χ3v) is 16.1. The van der Waals surface area contributed by atoms with Crippen LogP contribution in [-0.2, 0) is 24.0 Å². The number of hydrogen-bond acceptors (Lipinski definition) is 6. The number of amides is 2. The molecule has 9 heteroatoms. The van der Waals surface area contributed by atoms with E-state index in [-0.39, 0.29) is 70.2 Å². The van der Waals surface area contributed by atoms with Crippen LogP contribution in [0.25, 0.3) is 0 Å². The summed E-state index contributed by atoms with van der Waals surface area (Å²) in [5.41, 5.74) is -1.77. The molecule has 0 aromatic carbocycles. The number of aliphatic carboxylic acids is 1. The Morgan fingerprint density at radius 3 is 2.15 bits per heavy atom. The molecule has 52 heavy (non-hydrogen) atoms. The lowest BCUT2D eigenvalue weighted by molar-refractivity contribution is -0.148. The average molecular weight is 720 g/mol. The van der Waals surface area contributed by atoms with E-state index in [1.807, 2.05) is 25.7 Å². The number of carbonyl (C=O) groups is 5. The normalized spacial score (nSPS) is 35.0. The third-order valence-electron chi connectivity index (χ3n) is 16.1. The van der Waals surface area contributed by atoms with E-state index in [9.17, 15) is 24.3 Å². The number of carbonyl (C=O) groups excluding carboxylic acids is 4. The van der Waals surface area contributed by atoms with Gasteiger partial charge in [-0.05, 0) is 98.8 Å². The highest BCUT2D eigenvalue weighted by molar-refractivity contribution is 5.97. The summed E-state index contributed by atoms with van der Waals surface area (Å²) in [4.78, 5) is 74.8. The molecule has 7 aliphatic rings. The van der Waals surface area contributed by atoms with Crippen molar-refractivity contribution in [2.45, 2.75) is 155 Å². The summed E-state index contributed by atoms with van der Waals surface area (Å²) in [6, 6.07) is -0.811. The summed E-state index contributed by atoms with van der Waals surface area (Å²) >= 11 is 0. The van der Waals surface area contributed by atoms with Gasteiger partial charge in [-0.25, -0.2) is 0 Å². The van der Waals surface area contributed by atoms with Crippen LogP contribution in [0.2, 0.25) is 0 Å². The molecule has 7 fully saturated rings. The van der Waals surface area contributed by atoms with Gasteiger partial charge >= 0.3 is 5.97 Å². The molecule has 5 aliphatic carbocycles. The smallest absolute Gasteiger partial charge is 0.310 e. The number of carboxylic acid groups (broad SMARTS) is 1. The highest BCUT2D eigenvalue weighted by Gasteiger charge is 2.85. The van der Waals surface area contributed by atoms with Gasteiger partial charge in [-0.1, -0.05) is 66.4 Å². The number of allylic oxidation sites excluding steroid dienone is 1. The molecule has 0 aromatic rings. The number of rotatable bonds is 13. The second kappa shape index (κ2) is 13.3. The minimum absolute atomic E-state index is 0.0223. The Balaban J connectivity index is 1.14. The van der Waals surface area contributed by atoms with E-state index in [2.05, 4.69) is 30.6 Å². The third kappa shape index (κ3) is 6.11. The van der Waals surface area contributed by atoms with E-state index in [1.54, 1.807) is 6.08 Å². The molecule has 2 spiro atoms. The predicted octanol–water partition coefficient (Wildman–Crippen LogP) is 6.58. The Morgan fingerprint density at radius 1 is 0.923 bits per heavy atom. The fraction of sp³-hybridized carbons (Fsp3) is 0.837. The molecule has 7 atom stereocenters. The topological polar surface area (TPSA) is 124 Å². The summed E-state index contributed by atoms with van der Waals surface area (Å²) < 4.78 is 0. The van der Waals surface area contributed by atoms with Crippen molar-refractivity contribution in [1.29, 1.82) is 0 Å². The van der Waals surface area contributed by atoms with Crippen molar-refractivity contribution in [1.82, 2.24) is 15.1 Å². The van der Waals surface area contributed by atoms with Crippen molar-refractivity contribution in [3.8, 4) is 0 Å². The lowest BCUT2D eigenvalue weighted by Gasteiger charge is -2.38. The summed E-state index contributed by atoms with van der Waals surface area (Å²) in [7, 11) is 0. The van der Waals surface area contributed by atoms with Gasteiger partial charge in [0.05, 0.1) is 23.4 Å². The lowest BCUT2D eigenvalue weighted by Crippen LogP contribution is -2.54. The molecule has 0 bridgehead atoms. The number of fused-ring (bicyclic) bond motifs is 1. The van der Waals surface area contributed by atoms with Crippen molar-refractivity contribution < 1.29 is 29.1 Å². The fourth-order valence-corrected chi connectivity index (χ4v) is 12.3. The first-order chi connectivity index (χ1) is 24.5. The van der Waals surface area contributed by atoms with Gasteiger partial charge in [0.15, 0.2) is 11.6 Å². The fourth-order valence-electron chi connectivity index (χ4n) is 12.3. The first kappa shape index (κ1) is 37.8. The van der Waals surface area contributed by atoms with Crippen molar-refractivity contribution in [3.63, 3.8) is 0 Å². The number of carboxylic acids is 1. The Labute approximate surface area is 311 Å². The Hall–Kier alpha value is -2.55. The quantitative estimate of drug-likeness (QED) is 0.206. The van der Waals surface area contributed by atoms with Crippen LogP contribution in [0.3, 0.4) is 0 Å². The molecule has 2 N–H and O–H groups in total. The first-order valence-corrected chi connectivity index (χ1v) is 20.8. The standard InChI is InChI=1S/C43H65N3O6/c1-7-29-22-41(29,38(51)52)24-34(48)32-23-43(40(5,6)42(43)18-12-19-42)26-46(32)37(50)31(27-13-9-8-10-14-27)21-33(47)35(39(2,3)4)44-36(49)28-15-11-20-45(25-28)30-16-17-30/h7,27-32,35H,1,8-26H2,2-6H3,(H,44,49)(H,51,52)/t28-,29-,31+,32+,35-,41-,43-/m1/s1. The molecule has 9 nitrogen and oxygen atoms in total. The Kier molecular flexibility index (Phi) is 9.68. The molecule has 5 saturated carbocycles. The second-order valence-corrected chi connectivity index (χ2v) is 20.0. The van der Waals surface area contributed by atoms with E-state index in [1.165, 1.54) is 12.8 Å². The number of ketones is 2. The van der Waals surface area contributed by atoms with Gasteiger partial charge in [0, 0.05) is 43.3 Å². The van der Waals surface area contributed by atoms with Crippen LogP contribution in [0.5, 0.6) is 0 Å². The molecule has 2 heterocycles. The Morgan fingerprint density at radius 2 is 1.62 bits per heavy atom. The van der Waals surface area contributed by atoms with Gasteiger partial charge in [-0.2, -0.15) is 0 Å². The minimum atomic E-state index is -1.14. The zero-order valence-corrected chi connectivity index (χ0v) is 32.6. The Bertz CT molecular complexity index is 1480. The van der Waals surface area contributed by atoms with Crippen molar-refractivity contribution in [3.05, 3.63) is 12.7 Å². The maximum atomic E-state index is 15.2. The predicted molar refractivity (Wildman–Crippen MR) is 199 cm³/mol. The zero-order valence-electron chi connectivity index (χ0n) is 32.6. The van der Waals surface area contributed by atoms with Gasteiger partial charge in [0.1, 0.15) is 0 Å². The molecular formula is C43H65N3O6. The number of nitrogens with one attached hydrogen (secondary N) is 1. The SMILES string of the molecule is C=C[C@@H]1C[C@]1(CC(=O)[C@@H]1C[C@@]2(CN1C(=O)[C@@H](CC(=O)[C@@H](NC(=O)[C@@H]1CCCN(C3CC3)C1)C(C)(C)C)C1CCCCC1)C(C)(C)C21CCC1)C(=O)O. The molecule has 7 rings (SSSR count). The van der Waals surface area contributed by atoms with Crippen LogP contribution >= 0.6 is 0 Å². The summed E-state index contributed by atoms with van der Waals surface area (Å²) in [5.74, 6) is -2.32. The molecular weight excluding hydrogens is 654 g/mol. The second-order valence-electron chi connectivity index (χ2n) is 20.0. The molecule has 2 amide bonds. The number of Topliss-reactive ketones (excluding diaryl/α,β-unsaturated/α-hetero) is 2. The summed E-state index contributed by atoms with van der Waals surface area (Å²) in [6.45, 7) is 16.7. The number of likely N-dealkylation sites (tertiary alicyclic amines) is 2. The number of hydrogen-bond donors (Lipinski definition) is 2. The van der Waals surface area contributed by atoms with Crippen molar-refractivity contribution >= 4 is 29.4 Å². The molecule has 2 saturated heterocycles. The van der Waals surface area contributed by atoms with Crippen LogP contribution in [0.4, 0.5) is 0 Å². The van der Waals surface area contributed by atoms with E-state index in [0.29, 0.717) is 25.4 Å². The lowest BCUT2D eigenvalue weighted by atomic mass is 9.73. The van der Waals surface area contributed by atoms with Crippen LogP contribution in [0.15, 0.2) is 12.7 Å².